The minimum absolute atomic E-state index is 0.128. The van der Waals surface area contributed by atoms with Crippen molar-refractivity contribution < 1.29 is 9.21 Å². The number of carbonyl (C=O) groups excluding carboxylic acids is 1. The van der Waals surface area contributed by atoms with E-state index in [0.717, 1.165) is 11.6 Å². The molecular formula is C16H19N3O2S. The Hall–Kier alpha value is -2.21. The van der Waals surface area contributed by atoms with E-state index in [9.17, 15) is 4.79 Å². The second kappa shape index (κ2) is 8.29. The van der Waals surface area contributed by atoms with Gasteiger partial charge >= 0.3 is 0 Å². The van der Waals surface area contributed by atoms with Crippen LogP contribution in [0.1, 0.15) is 11.3 Å². The number of thioether (sulfide) groups is 1. The van der Waals surface area contributed by atoms with Crippen molar-refractivity contribution in [3.63, 3.8) is 0 Å². The van der Waals surface area contributed by atoms with Crippen LogP contribution in [0.3, 0.4) is 0 Å². The summed E-state index contributed by atoms with van der Waals surface area (Å²) in [5.74, 6) is 2.39. The van der Waals surface area contributed by atoms with Crippen LogP contribution in [0.25, 0.3) is 0 Å². The van der Waals surface area contributed by atoms with E-state index < -0.39 is 0 Å². The van der Waals surface area contributed by atoms with Gasteiger partial charge in [-0.05, 0) is 11.6 Å². The SMILES string of the molecule is CN(C)c1ccc(/C=N\NC(=O)CSCc2ccccc2)o1. The predicted octanol–water partition coefficient (Wildman–Crippen LogP) is 2.73. The van der Waals surface area contributed by atoms with Gasteiger partial charge in [-0.1, -0.05) is 30.3 Å². The quantitative estimate of drug-likeness (QED) is 0.630. The molecule has 2 aromatic rings. The smallest absolute Gasteiger partial charge is 0.250 e. The molecule has 1 amide bonds. The van der Waals surface area contributed by atoms with Crippen LogP contribution in [-0.2, 0) is 10.5 Å². The van der Waals surface area contributed by atoms with Crippen LogP contribution in [-0.4, -0.2) is 32.0 Å². The Morgan fingerprint density at radius 1 is 1.27 bits per heavy atom. The summed E-state index contributed by atoms with van der Waals surface area (Å²) < 4.78 is 5.49. The highest BCUT2D eigenvalue weighted by Gasteiger charge is 2.02. The van der Waals surface area contributed by atoms with Crippen molar-refractivity contribution in [2.75, 3.05) is 24.7 Å². The molecule has 0 saturated carbocycles. The van der Waals surface area contributed by atoms with Crippen molar-refractivity contribution in [1.82, 2.24) is 5.43 Å². The standard InChI is InChI=1S/C16H19N3O2S/c1-19(2)16-9-8-14(21-16)10-17-18-15(20)12-22-11-13-6-4-3-5-7-13/h3-10H,11-12H2,1-2H3,(H,18,20)/b17-10-. The summed E-state index contributed by atoms with van der Waals surface area (Å²) in [6.07, 6.45) is 1.49. The van der Waals surface area contributed by atoms with Gasteiger partial charge < -0.3 is 9.32 Å². The van der Waals surface area contributed by atoms with Crippen molar-refractivity contribution in [2.45, 2.75) is 5.75 Å². The van der Waals surface area contributed by atoms with E-state index in [2.05, 4.69) is 10.5 Å². The van der Waals surface area contributed by atoms with Crippen LogP contribution in [0.4, 0.5) is 5.88 Å². The largest absolute Gasteiger partial charge is 0.440 e. The number of amides is 1. The first kappa shape index (κ1) is 16.2. The highest BCUT2D eigenvalue weighted by Crippen LogP contribution is 2.14. The number of nitrogens with one attached hydrogen (secondary N) is 1. The zero-order valence-corrected chi connectivity index (χ0v) is 13.5. The molecule has 116 valence electrons. The number of nitrogens with zero attached hydrogens (tertiary/aromatic N) is 2. The number of hydrogen-bond acceptors (Lipinski definition) is 5. The summed E-state index contributed by atoms with van der Waals surface area (Å²) in [7, 11) is 3.79. The molecule has 1 aromatic carbocycles. The zero-order chi connectivity index (χ0) is 15.8. The van der Waals surface area contributed by atoms with Crippen LogP contribution in [0.2, 0.25) is 0 Å². The molecule has 2 rings (SSSR count). The molecule has 1 N–H and O–H groups in total. The van der Waals surface area contributed by atoms with Crippen molar-refractivity contribution in [1.29, 1.82) is 0 Å². The number of rotatable bonds is 7. The fourth-order valence-electron chi connectivity index (χ4n) is 1.69. The molecule has 1 aromatic heterocycles. The van der Waals surface area contributed by atoms with Crippen LogP contribution >= 0.6 is 11.8 Å². The fourth-order valence-corrected chi connectivity index (χ4v) is 2.47. The average Bonchev–Trinajstić information content (AvgIpc) is 2.97. The first-order chi connectivity index (χ1) is 10.6. The number of anilines is 1. The molecule has 0 aliphatic heterocycles. The molecule has 0 aliphatic rings. The van der Waals surface area contributed by atoms with E-state index in [4.69, 9.17) is 4.42 Å². The first-order valence-electron chi connectivity index (χ1n) is 6.86. The second-order valence-electron chi connectivity index (χ2n) is 4.84. The van der Waals surface area contributed by atoms with Gasteiger partial charge in [0.05, 0.1) is 12.0 Å². The third kappa shape index (κ3) is 5.29. The number of hydrogen-bond donors (Lipinski definition) is 1. The lowest BCUT2D eigenvalue weighted by atomic mass is 10.2. The summed E-state index contributed by atoms with van der Waals surface area (Å²) in [4.78, 5) is 13.5. The van der Waals surface area contributed by atoms with Crippen LogP contribution in [0.5, 0.6) is 0 Å². The lowest BCUT2D eigenvalue weighted by Gasteiger charge is -2.05. The van der Waals surface area contributed by atoms with Crippen LogP contribution in [0, 0.1) is 0 Å². The molecule has 0 aliphatic carbocycles. The van der Waals surface area contributed by atoms with Gasteiger partial charge in [0.1, 0.15) is 5.76 Å². The Balaban J connectivity index is 1.69. The Morgan fingerprint density at radius 2 is 2.05 bits per heavy atom. The van der Waals surface area contributed by atoms with Gasteiger partial charge in [0.15, 0.2) is 5.88 Å². The Labute approximate surface area is 134 Å². The highest BCUT2D eigenvalue weighted by molar-refractivity contribution is 7.99. The molecule has 0 atom stereocenters. The predicted molar refractivity (Wildman–Crippen MR) is 91.4 cm³/mol. The van der Waals surface area contributed by atoms with E-state index >= 15 is 0 Å². The van der Waals surface area contributed by atoms with E-state index in [0.29, 0.717) is 11.5 Å². The molecule has 0 spiro atoms. The lowest BCUT2D eigenvalue weighted by Crippen LogP contribution is -2.19. The van der Waals surface area contributed by atoms with Gasteiger partial charge in [0.2, 0.25) is 5.91 Å². The van der Waals surface area contributed by atoms with Gasteiger partial charge in [-0.3, -0.25) is 4.79 Å². The lowest BCUT2D eigenvalue weighted by molar-refractivity contribution is -0.118. The molecule has 22 heavy (non-hydrogen) atoms. The van der Waals surface area contributed by atoms with Crippen molar-refractivity contribution in [2.24, 2.45) is 5.10 Å². The Kier molecular flexibility index (Phi) is 6.09. The summed E-state index contributed by atoms with van der Waals surface area (Å²) in [6, 6.07) is 13.7. The summed E-state index contributed by atoms with van der Waals surface area (Å²) in [5.41, 5.74) is 3.70. The molecule has 1 heterocycles. The normalized spacial score (nSPS) is 10.8. The zero-order valence-electron chi connectivity index (χ0n) is 12.7. The maximum absolute atomic E-state index is 11.7. The monoisotopic (exact) mass is 317 g/mol. The second-order valence-corrected chi connectivity index (χ2v) is 5.83. The summed E-state index contributed by atoms with van der Waals surface area (Å²) in [6.45, 7) is 0. The molecule has 6 heteroatoms. The number of carbonyl (C=O) groups is 1. The van der Waals surface area contributed by atoms with Crippen molar-refractivity contribution in [3.8, 4) is 0 Å². The van der Waals surface area contributed by atoms with Gasteiger partial charge in [-0.25, -0.2) is 5.43 Å². The van der Waals surface area contributed by atoms with E-state index in [1.165, 1.54) is 11.8 Å². The molecule has 0 fully saturated rings. The van der Waals surface area contributed by atoms with E-state index in [1.807, 2.05) is 55.4 Å². The number of benzene rings is 1. The van der Waals surface area contributed by atoms with Gasteiger partial charge in [-0.15, -0.1) is 11.8 Å². The van der Waals surface area contributed by atoms with E-state index in [1.54, 1.807) is 17.8 Å². The minimum atomic E-state index is -0.128. The number of hydrazone groups is 1. The molecule has 0 radical (unpaired) electrons. The van der Waals surface area contributed by atoms with Gasteiger partial charge in [-0.2, -0.15) is 5.10 Å². The summed E-state index contributed by atoms with van der Waals surface area (Å²) in [5, 5.41) is 3.89. The molecule has 0 unspecified atom stereocenters. The van der Waals surface area contributed by atoms with Gasteiger partial charge in [0.25, 0.3) is 0 Å². The van der Waals surface area contributed by atoms with Crippen molar-refractivity contribution in [3.05, 3.63) is 53.8 Å². The Morgan fingerprint density at radius 3 is 2.73 bits per heavy atom. The minimum Gasteiger partial charge on any atom is -0.440 e. The first-order valence-corrected chi connectivity index (χ1v) is 8.01. The van der Waals surface area contributed by atoms with Crippen molar-refractivity contribution >= 4 is 29.8 Å². The maximum Gasteiger partial charge on any atom is 0.250 e. The summed E-state index contributed by atoms with van der Waals surface area (Å²) >= 11 is 1.55. The topological polar surface area (TPSA) is 57.8 Å². The highest BCUT2D eigenvalue weighted by atomic mass is 32.2. The van der Waals surface area contributed by atoms with Gasteiger partial charge in [0, 0.05) is 25.9 Å². The number of furan rings is 1. The molecule has 0 bridgehead atoms. The fraction of sp³-hybridized carbons (Fsp3) is 0.250. The third-order valence-corrected chi connectivity index (χ3v) is 3.78. The third-order valence-electron chi connectivity index (χ3n) is 2.78. The molecule has 0 saturated heterocycles. The maximum atomic E-state index is 11.7. The molecular weight excluding hydrogens is 298 g/mol. The average molecular weight is 317 g/mol. The molecule has 5 nitrogen and oxygen atoms in total. The Bertz CT molecular complexity index is 623. The van der Waals surface area contributed by atoms with Crippen LogP contribution < -0.4 is 10.3 Å². The van der Waals surface area contributed by atoms with Crippen LogP contribution in [0.15, 0.2) is 52.0 Å². The van der Waals surface area contributed by atoms with E-state index in [-0.39, 0.29) is 5.91 Å².